The first kappa shape index (κ1) is 23.0. The van der Waals surface area contributed by atoms with E-state index in [1.165, 1.54) is 0 Å². The number of carbonyl (C=O) groups is 1. The fourth-order valence-corrected chi connectivity index (χ4v) is 4.66. The number of sulfonamides is 1. The molecule has 0 fully saturated rings. The van der Waals surface area contributed by atoms with Crippen molar-refractivity contribution in [3.63, 3.8) is 0 Å². The van der Waals surface area contributed by atoms with Gasteiger partial charge in [0.2, 0.25) is 10.0 Å². The highest BCUT2D eigenvalue weighted by atomic mass is 32.2. The van der Waals surface area contributed by atoms with Crippen LogP contribution in [0, 0.1) is 5.92 Å². The van der Waals surface area contributed by atoms with E-state index in [9.17, 15) is 18.4 Å². The lowest BCUT2D eigenvalue weighted by Gasteiger charge is -2.30. The Labute approximate surface area is 172 Å². The van der Waals surface area contributed by atoms with E-state index in [0.29, 0.717) is 5.56 Å². The zero-order valence-corrected chi connectivity index (χ0v) is 18.1. The molecule has 2 rings (SSSR count). The molecule has 0 aliphatic heterocycles. The second-order valence-electron chi connectivity index (χ2n) is 7.76. The molecule has 0 saturated heterocycles. The van der Waals surface area contributed by atoms with Gasteiger partial charge in [0.05, 0.1) is 4.90 Å². The maximum Gasteiger partial charge on any atom is 0.261 e. The molecule has 7 nitrogen and oxygen atoms in total. The number of amides is 1. The molecule has 0 unspecified atom stereocenters. The Balaban J connectivity index is 2.52. The van der Waals surface area contributed by atoms with Crippen molar-refractivity contribution in [2.24, 2.45) is 5.92 Å². The highest BCUT2D eigenvalue weighted by Gasteiger charge is 2.36. The molecule has 1 heterocycles. The standard InChI is InChI=1S/C21H29N3O4S/c1-15(2)12-20(21(25)23-26)24(14-17-6-5-11-22-13-17)29(27,28)19-9-7-18(8-10-19)16(3)4/h5-11,13,15-16,20,26H,12,14H2,1-4H3,(H,23,25)/t20-/m1/s1. The molecular weight excluding hydrogens is 390 g/mol. The summed E-state index contributed by atoms with van der Waals surface area (Å²) in [7, 11) is -4.01. The molecule has 2 aromatic rings. The Morgan fingerprint density at radius 2 is 1.79 bits per heavy atom. The minimum Gasteiger partial charge on any atom is -0.289 e. The highest BCUT2D eigenvalue weighted by Crippen LogP contribution is 2.26. The molecule has 8 heteroatoms. The first-order chi connectivity index (χ1) is 13.7. The third-order valence-corrected chi connectivity index (χ3v) is 6.54. The largest absolute Gasteiger partial charge is 0.289 e. The molecule has 1 aromatic heterocycles. The lowest BCUT2D eigenvalue weighted by Crippen LogP contribution is -2.49. The number of hydrogen-bond donors (Lipinski definition) is 2. The van der Waals surface area contributed by atoms with Crippen molar-refractivity contribution in [2.75, 3.05) is 0 Å². The molecule has 0 saturated carbocycles. The normalized spacial score (nSPS) is 13.1. The number of hydrogen-bond acceptors (Lipinski definition) is 5. The van der Waals surface area contributed by atoms with Crippen LogP contribution in [0.2, 0.25) is 0 Å². The van der Waals surface area contributed by atoms with Crippen molar-refractivity contribution in [1.82, 2.24) is 14.8 Å². The second-order valence-corrected chi connectivity index (χ2v) is 9.65. The first-order valence-electron chi connectivity index (χ1n) is 9.61. The molecule has 1 aromatic carbocycles. The van der Waals surface area contributed by atoms with Crippen LogP contribution in [0.5, 0.6) is 0 Å². The average Bonchev–Trinajstić information content (AvgIpc) is 2.70. The average molecular weight is 420 g/mol. The summed E-state index contributed by atoms with van der Waals surface area (Å²) in [6, 6.07) is 9.08. The van der Waals surface area contributed by atoms with Crippen molar-refractivity contribution < 1.29 is 18.4 Å². The number of nitrogens with one attached hydrogen (secondary N) is 1. The lowest BCUT2D eigenvalue weighted by molar-refractivity contribution is -0.133. The summed E-state index contributed by atoms with van der Waals surface area (Å²) in [6.45, 7) is 7.81. The van der Waals surface area contributed by atoms with Crippen molar-refractivity contribution in [3.05, 3.63) is 59.9 Å². The van der Waals surface area contributed by atoms with Crippen LogP contribution in [0.4, 0.5) is 0 Å². The maximum atomic E-state index is 13.5. The zero-order valence-electron chi connectivity index (χ0n) is 17.2. The van der Waals surface area contributed by atoms with Crippen molar-refractivity contribution in [3.8, 4) is 0 Å². The van der Waals surface area contributed by atoms with Crippen LogP contribution in [0.15, 0.2) is 53.7 Å². The Morgan fingerprint density at radius 1 is 1.14 bits per heavy atom. The van der Waals surface area contributed by atoms with Crippen molar-refractivity contribution in [2.45, 2.75) is 57.5 Å². The summed E-state index contributed by atoms with van der Waals surface area (Å²) >= 11 is 0. The SMILES string of the molecule is CC(C)C[C@H](C(=O)NO)N(Cc1cccnc1)S(=O)(=O)c1ccc(C(C)C)cc1. The second kappa shape index (κ2) is 9.96. The van der Waals surface area contributed by atoms with Crippen LogP contribution < -0.4 is 5.48 Å². The third-order valence-electron chi connectivity index (χ3n) is 4.67. The van der Waals surface area contributed by atoms with Gasteiger partial charge in [-0.25, -0.2) is 13.9 Å². The van der Waals surface area contributed by atoms with Gasteiger partial charge in [0.15, 0.2) is 0 Å². The predicted octanol–water partition coefficient (Wildman–Crippen LogP) is 3.32. The van der Waals surface area contributed by atoms with Gasteiger partial charge in [-0.2, -0.15) is 4.31 Å². The summed E-state index contributed by atoms with van der Waals surface area (Å²) in [5, 5.41) is 9.23. The molecule has 29 heavy (non-hydrogen) atoms. The Bertz CT molecular complexity index is 897. The Morgan fingerprint density at radius 3 is 2.28 bits per heavy atom. The van der Waals surface area contributed by atoms with Crippen molar-refractivity contribution in [1.29, 1.82) is 0 Å². The fraction of sp³-hybridized carbons (Fsp3) is 0.429. The first-order valence-corrected chi connectivity index (χ1v) is 11.1. The van der Waals surface area contributed by atoms with Gasteiger partial charge in [-0.15, -0.1) is 0 Å². The predicted molar refractivity (Wildman–Crippen MR) is 111 cm³/mol. The van der Waals surface area contributed by atoms with E-state index in [4.69, 9.17) is 0 Å². The highest BCUT2D eigenvalue weighted by molar-refractivity contribution is 7.89. The van der Waals surface area contributed by atoms with E-state index >= 15 is 0 Å². The van der Waals surface area contributed by atoms with E-state index in [2.05, 4.69) is 4.98 Å². The molecular formula is C21H29N3O4S. The number of hydroxylamine groups is 1. The number of rotatable bonds is 9. The van der Waals surface area contributed by atoms with E-state index in [1.807, 2.05) is 27.7 Å². The molecule has 1 amide bonds. The molecule has 2 N–H and O–H groups in total. The monoisotopic (exact) mass is 419 g/mol. The quantitative estimate of drug-likeness (QED) is 0.480. The minimum atomic E-state index is -4.01. The van der Waals surface area contributed by atoms with Gasteiger partial charge in [0.25, 0.3) is 5.91 Å². The fourth-order valence-electron chi connectivity index (χ4n) is 3.07. The number of aromatic nitrogens is 1. The van der Waals surface area contributed by atoms with Gasteiger partial charge in [-0.1, -0.05) is 45.9 Å². The number of nitrogens with zero attached hydrogens (tertiary/aromatic N) is 2. The van der Waals surface area contributed by atoms with Gasteiger partial charge in [-0.05, 0) is 47.6 Å². The van der Waals surface area contributed by atoms with Crippen molar-refractivity contribution >= 4 is 15.9 Å². The topological polar surface area (TPSA) is 99.6 Å². The van der Waals surface area contributed by atoms with Gasteiger partial charge in [-0.3, -0.25) is 15.0 Å². The minimum absolute atomic E-state index is 0.0345. The van der Waals surface area contributed by atoms with E-state index in [1.54, 1.807) is 54.3 Å². The molecule has 0 bridgehead atoms. The van der Waals surface area contributed by atoms with Gasteiger partial charge >= 0.3 is 0 Å². The van der Waals surface area contributed by atoms with Crippen LogP contribution in [0.1, 0.15) is 51.2 Å². The third kappa shape index (κ3) is 5.85. The van der Waals surface area contributed by atoms with Crippen LogP contribution in [0.3, 0.4) is 0 Å². The van der Waals surface area contributed by atoms with E-state index in [-0.39, 0.29) is 29.7 Å². The smallest absolute Gasteiger partial charge is 0.261 e. The molecule has 158 valence electrons. The maximum absolute atomic E-state index is 13.5. The van der Waals surface area contributed by atoms with Gasteiger partial charge in [0.1, 0.15) is 6.04 Å². The molecule has 1 atom stereocenters. The van der Waals surface area contributed by atoms with E-state index < -0.39 is 22.0 Å². The Hall–Kier alpha value is -2.29. The van der Waals surface area contributed by atoms with Gasteiger partial charge < -0.3 is 0 Å². The number of benzene rings is 1. The summed E-state index contributed by atoms with van der Waals surface area (Å²) in [6.07, 6.45) is 3.42. The van der Waals surface area contributed by atoms with Crippen LogP contribution >= 0.6 is 0 Å². The zero-order chi connectivity index (χ0) is 21.6. The van der Waals surface area contributed by atoms with Crippen LogP contribution in [0.25, 0.3) is 0 Å². The lowest BCUT2D eigenvalue weighted by atomic mass is 10.0. The Kier molecular flexibility index (Phi) is 7.89. The van der Waals surface area contributed by atoms with E-state index in [0.717, 1.165) is 9.87 Å². The molecule has 0 radical (unpaired) electrons. The van der Waals surface area contributed by atoms with Crippen LogP contribution in [-0.2, 0) is 21.4 Å². The summed E-state index contributed by atoms with van der Waals surface area (Å²) < 4.78 is 28.1. The number of carbonyl (C=O) groups excluding carboxylic acids is 1. The van der Waals surface area contributed by atoms with Gasteiger partial charge in [0, 0.05) is 18.9 Å². The summed E-state index contributed by atoms with van der Waals surface area (Å²) in [5.74, 6) is -0.454. The summed E-state index contributed by atoms with van der Waals surface area (Å²) in [5.41, 5.74) is 3.29. The van der Waals surface area contributed by atoms with Crippen LogP contribution in [-0.4, -0.2) is 34.9 Å². The summed E-state index contributed by atoms with van der Waals surface area (Å²) in [4.78, 5) is 16.6. The molecule has 0 spiro atoms. The molecule has 0 aliphatic carbocycles. The number of pyridine rings is 1. The molecule has 0 aliphatic rings.